The summed E-state index contributed by atoms with van der Waals surface area (Å²) in [5.41, 5.74) is 5.56. The van der Waals surface area contributed by atoms with E-state index in [0.29, 0.717) is 33.6 Å². The van der Waals surface area contributed by atoms with Crippen LogP contribution in [0.3, 0.4) is 0 Å². The molecule has 0 aliphatic rings. The van der Waals surface area contributed by atoms with Gasteiger partial charge in [0.25, 0.3) is 0 Å². The van der Waals surface area contributed by atoms with Gasteiger partial charge in [-0.2, -0.15) is 0 Å². The van der Waals surface area contributed by atoms with Gasteiger partial charge in [0.2, 0.25) is 5.91 Å². The van der Waals surface area contributed by atoms with Crippen LogP contribution in [0.25, 0.3) is 11.0 Å². The second-order valence-electron chi connectivity index (χ2n) is 4.98. The average Bonchev–Trinajstić information content (AvgIpc) is 2.68. The minimum absolute atomic E-state index is 0.323. The first-order valence-electron chi connectivity index (χ1n) is 6.01. The molecule has 2 aromatic rings. The van der Waals surface area contributed by atoms with Crippen LogP contribution in [0.2, 0.25) is 0 Å². The highest BCUT2D eigenvalue weighted by molar-refractivity contribution is 9.10. The number of aromatic nitrogens is 2. The molecule has 2 N–H and O–H groups in total. The quantitative estimate of drug-likeness (QED) is 0.850. The Kier molecular flexibility index (Phi) is 4.07. The number of benzene rings is 1. The number of hydrogen-bond donors (Lipinski definition) is 1. The number of imidazole rings is 1. The van der Waals surface area contributed by atoms with Crippen LogP contribution in [-0.2, 0) is 16.8 Å². The third-order valence-corrected chi connectivity index (χ3v) is 4.04. The van der Waals surface area contributed by atoms with Crippen molar-refractivity contribution in [3.05, 3.63) is 28.2 Å². The number of fused-ring (bicyclic) bond motifs is 1. The number of amides is 1. The predicted octanol–water partition coefficient (Wildman–Crippen LogP) is 2.94. The molecule has 1 aromatic heterocycles. The molecule has 1 heterocycles. The van der Waals surface area contributed by atoms with Crippen molar-refractivity contribution < 1.29 is 9.18 Å². The Bertz CT molecular complexity index is 684. The van der Waals surface area contributed by atoms with Gasteiger partial charge in [0, 0.05) is 18.4 Å². The maximum absolute atomic E-state index is 13.8. The summed E-state index contributed by atoms with van der Waals surface area (Å²) < 4.78 is 15.8. The third kappa shape index (κ3) is 2.42. The van der Waals surface area contributed by atoms with Crippen molar-refractivity contribution in [3.8, 4) is 0 Å². The van der Waals surface area contributed by atoms with Gasteiger partial charge in [0.1, 0.15) is 17.2 Å². The molecule has 20 heavy (non-hydrogen) atoms. The number of carbonyl (C=O) groups is 1. The Morgan fingerprint density at radius 2 is 2.20 bits per heavy atom. The van der Waals surface area contributed by atoms with Gasteiger partial charge in [-0.05, 0) is 35.8 Å². The van der Waals surface area contributed by atoms with E-state index in [1.54, 1.807) is 24.5 Å². The van der Waals surface area contributed by atoms with Gasteiger partial charge >= 0.3 is 0 Å². The van der Waals surface area contributed by atoms with Gasteiger partial charge in [-0.1, -0.05) is 0 Å². The van der Waals surface area contributed by atoms with Crippen molar-refractivity contribution in [2.24, 2.45) is 5.73 Å². The van der Waals surface area contributed by atoms with E-state index >= 15 is 0 Å². The first-order chi connectivity index (χ1) is 9.28. The van der Waals surface area contributed by atoms with E-state index in [0.717, 1.165) is 0 Å². The summed E-state index contributed by atoms with van der Waals surface area (Å²) in [6.07, 6.45) is 0.464. The Morgan fingerprint density at radius 3 is 2.75 bits per heavy atom. The second-order valence-corrected chi connectivity index (χ2v) is 6.21. The monoisotopic (exact) mass is 361 g/mol. The maximum Gasteiger partial charge on any atom is 0.243 e. The first-order valence-corrected chi connectivity index (χ1v) is 7.34. The van der Waals surface area contributed by atoms with Crippen LogP contribution >= 0.6 is 27.5 Å². The van der Waals surface area contributed by atoms with Crippen LogP contribution in [0.1, 0.15) is 19.7 Å². The van der Waals surface area contributed by atoms with E-state index in [1.165, 1.54) is 6.07 Å². The Hall–Kier alpha value is -1.14. The standard InChI is InChI=1S/C13H14BrClFN3O/c1-13(2,12(17)20)19-10-6-8(16)7(14)5-9(10)18-11(19)3-4-15/h5-6H,3-4H2,1-2H3,(H2,17,20). The predicted molar refractivity (Wildman–Crippen MR) is 80.3 cm³/mol. The van der Waals surface area contributed by atoms with Gasteiger partial charge < -0.3 is 10.3 Å². The smallest absolute Gasteiger partial charge is 0.243 e. The minimum atomic E-state index is -1.02. The van der Waals surface area contributed by atoms with Gasteiger partial charge in [-0.3, -0.25) is 4.79 Å². The van der Waals surface area contributed by atoms with Gasteiger partial charge in [0.05, 0.1) is 15.5 Å². The highest BCUT2D eigenvalue weighted by Gasteiger charge is 2.31. The van der Waals surface area contributed by atoms with E-state index in [-0.39, 0.29) is 0 Å². The normalized spacial score (nSPS) is 12.1. The molecule has 1 amide bonds. The zero-order valence-corrected chi connectivity index (χ0v) is 13.4. The summed E-state index contributed by atoms with van der Waals surface area (Å²) in [6, 6.07) is 2.92. The Balaban J connectivity index is 2.81. The summed E-state index contributed by atoms with van der Waals surface area (Å²) in [5.74, 6) is 0.0190. The van der Waals surface area contributed by atoms with Crippen molar-refractivity contribution in [1.82, 2.24) is 9.55 Å². The molecule has 0 saturated heterocycles. The van der Waals surface area contributed by atoms with Crippen LogP contribution in [0.15, 0.2) is 16.6 Å². The number of aryl methyl sites for hydroxylation is 1. The molecule has 0 spiro atoms. The largest absolute Gasteiger partial charge is 0.368 e. The van der Waals surface area contributed by atoms with Gasteiger partial charge in [0.15, 0.2) is 0 Å². The van der Waals surface area contributed by atoms with Crippen LogP contribution in [0.4, 0.5) is 4.39 Å². The first kappa shape index (κ1) is 15.3. The number of primary amides is 1. The Labute approximate surface area is 129 Å². The highest BCUT2D eigenvalue weighted by atomic mass is 79.9. The lowest BCUT2D eigenvalue weighted by molar-refractivity contribution is -0.125. The average molecular weight is 363 g/mol. The molecule has 0 aliphatic carbocycles. The summed E-state index contributed by atoms with van der Waals surface area (Å²) in [4.78, 5) is 16.1. The summed E-state index contributed by atoms with van der Waals surface area (Å²) in [5, 5.41) is 0. The molecule has 4 nitrogen and oxygen atoms in total. The Morgan fingerprint density at radius 1 is 1.55 bits per heavy atom. The van der Waals surface area contributed by atoms with Crippen LogP contribution in [-0.4, -0.2) is 21.3 Å². The molecule has 108 valence electrons. The van der Waals surface area contributed by atoms with Crippen LogP contribution < -0.4 is 5.73 Å². The number of carbonyl (C=O) groups excluding carboxylic acids is 1. The number of hydrogen-bond acceptors (Lipinski definition) is 2. The van der Waals surface area contributed by atoms with Crippen LogP contribution in [0, 0.1) is 5.82 Å². The zero-order valence-electron chi connectivity index (χ0n) is 11.1. The van der Waals surface area contributed by atoms with E-state index in [9.17, 15) is 9.18 Å². The molecule has 0 atom stereocenters. The van der Waals surface area contributed by atoms with Gasteiger partial charge in [-0.15, -0.1) is 11.6 Å². The molecule has 1 aromatic carbocycles. The number of nitrogens with zero attached hydrogens (tertiary/aromatic N) is 2. The van der Waals surface area contributed by atoms with Crippen molar-refractivity contribution in [2.75, 3.05) is 5.88 Å². The van der Waals surface area contributed by atoms with Crippen molar-refractivity contribution >= 4 is 44.5 Å². The van der Waals surface area contributed by atoms with Crippen molar-refractivity contribution in [2.45, 2.75) is 25.8 Å². The van der Waals surface area contributed by atoms with Crippen LogP contribution in [0.5, 0.6) is 0 Å². The van der Waals surface area contributed by atoms with E-state index in [4.69, 9.17) is 17.3 Å². The molecule has 0 saturated carbocycles. The number of halogens is 3. The topological polar surface area (TPSA) is 60.9 Å². The lowest BCUT2D eigenvalue weighted by atomic mass is 10.0. The molecular weight excluding hydrogens is 349 g/mol. The SMILES string of the molecule is CC(C)(C(N)=O)n1c(CCCl)nc2cc(Br)c(F)cc21. The summed E-state index contributed by atoms with van der Waals surface area (Å²) in [7, 11) is 0. The molecule has 0 aliphatic heterocycles. The second kappa shape index (κ2) is 5.33. The number of rotatable bonds is 4. The van der Waals surface area contributed by atoms with E-state index < -0.39 is 17.3 Å². The summed E-state index contributed by atoms with van der Waals surface area (Å²) in [6.45, 7) is 3.35. The fourth-order valence-corrected chi connectivity index (χ4v) is 2.61. The van der Waals surface area contributed by atoms with Crippen molar-refractivity contribution in [1.29, 1.82) is 0 Å². The number of nitrogens with two attached hydrogens (primary N) is 1. The van der Waals surface area contributed by atoms with E-state index in [2.05, 4.69) is 20.9 Å². The summed E-state index contributed by atoms with van der Waals surface area (Å²) >= 11 is 8.90. The molecular formula is C13H14BrClFN3O. The lowest BCUT2D eigenvalue weighted by Gasteiger charge is -2.25. The third-order valence-electron chi connectivity index (χ3n) is 3.25. The highest BCUT2D eigenvalue weighted by Crippen LogP contribution is 2.29. The molecule has 2 rings (SSSR count). The maximum atomic E-state index is 13.8. The minimum Gasteiger partial charge on any atom is -0.368 e. The fourth-order valence-electron chi connectivity index (χ4n) is 2.11. The molecule has 7 heteroatoms. The molecule has 0 bridgehead atoms. The molecule has 0 radical (unpaired) electrons. The molecule has 0 fully saturated rings. The number of alkyl halides is 1. The lowest BCUT2D eigenvalue weighted by Crippen LogP contribution is -2.42. The van der Waals surface area contributed by atoms with Crippen molar-refractivity contribution in [3.63, 3.8) is 0 Å². The zero-order chi connectivity index (χ0) is 15.1. The van der Waals surface area contributed by atoms with Gasteiger partial charge in [-0.25, -0.2) is 9.37 Å². The molecule has 0 unspecified atom stereocenters. The van der Waals surface area contributed by atoms with E-state index in [1.807, 2.05) is 0 Å². The fraction of sp³-hybridized carbons (Fsp3) is 0.385.